The standard InChI is InChI=1S/C15H21NO2S/c1-5-9-19-10-8-16-12(2)14-11-13(17-3)6-7-15(14)18-4/h1,6-7,11-12,16H,8-10H2,2-4H3. The van der Waals surface area contributed by atoms with Crippen LogP contribution < -0.4 is 14.8 Å². The van der Waals surface area contributed by atoms with Crippen molar-refractivity contribution in [2.24, 2.45) is 0 Å². The number of nitrogens with one attached hydrogen (secondary N) is 1. The molecule has 0 aliphatic rings. The van der Waals surface area contributed by atoms with E-state index in [4.69, 9.17) is 15.9 Å². The number of ether oxygens (including phenoxy) is 2. The minimum atomic E-state index is 0.205. The normalized spacial score (nSPS) is 11.7. The fourth-order valence-corrected chi connectivity index (χ4v) is 2.29. The first-order valence-corrected chi connectivity index (χ1v) is 7.35. The second-order valence-electron chi connectivity index (χ2n) is 4.04. The van der Waals surface area contributed by atoms with Crippen LogP contribution in [0.25, 0.3) is 0 Å². The molecular weight excluding hydrogens is 258 g/mol. The molecule has 19 heavy (non-hydrogen) atoms. The van der Waals surface area contributed by atoms with E-state index in [1.54, 1.807) is 26.0 Å². The predicted octanol–water partition coefficient (Wildman–Crippen LogP) is 2.72. The van der Waals surface area contributed by atoms with Gasteiger partial charge < -0.3 is 14.8 Å². The molecular formula is C15H21NO2S. The molecule has 1 unspecified atom stereocenters. The van der Waals surface area contributed by atoms with E-state index in [1.807, 2.05) is 18.2 Å². The summed E-state index contributed by atoms with van der Waals surface area (Å²) in [7, 11) is 3.35. The van der Waals surface area contributed by atoms with Crippen LogP contribution in [0.5, 0.6) is 11.5 Å². The molecule has 4 heteroatoms. The van der Waals surface area contributed by atoms with Crippen molar-refractivity contribution in [1.82, 2.24) is 5.32 Å². The van der Waals surface area contributed by atoms with Gasteiger partial charge in [-0.1, -0.05) is 5.92 Å². The zero-order valence-corrected chi connectivity index (χ0v) is 12.5. The van der Waals surface area contributed by atoms with E-state index in [9.17, 15) is 0 Å². The molecule has 0 amide bonds. The second-order valence-corrected chi connectivity index (χ2v) is 5.15. The SMILES string of the molecule is C#CCSCCNC(C)c1cc(OC)ccc1OC. The van der Waals surface area contributed by atoms with E-state index in [2.05, 4.69) is 18.2 Å². The molecule has 104 valence electrons. The van der Waals surface area contributed by atoms with Crippen LogP contribution in [0, 0.1) is 12.3 Å². The lowest BCUT2D eigenvalue weighted by Gasteiger charge is -2.18. The largest absolute Gasteiger partial charge is 0.497 e. The Balaban J connectivity index is 2.59. The molecule has 1 aromatic carbocycles. The van der Waals surface area contributed by atoms with Gasteiger partial charge in [0.15, 0.2) is 0 Å². The maximum Gasteiger partial charge on any atom is 0.123 e. The molecule has 3 nitrogen and oxygen atoms in total. The van der Waals surface area contributed by atoms with Gasteiger partial charge in [-0.15, -0.1) is 18.2 Å². The lowest BCUT2D eigenvalue weighted by Crippen LogP contribution is -2.22. The highest BCUT2D eigenvalue weighted by Gasteiger charge is 2.12. The molecule has 0 aliphatic heterocycles. The molecule has 0 spiro atoms. The minimum Gasteiger partial charge on any atom is -0.497 e. The van der Waals surface area contributed by atoms with Gasteiger partial charge in [0.25, 0.3) is 0 Å². The average molecular weight is 279 g/mol. The summed E-state index contributed by atoms with van der Waals surface area (Å²) >= 11 is 1.75. The van der Waals surface area contributed by atoms with Crippen molar-refractivity contribution in [3.8, 4) is 23.8 Å². The van der Waals surface area contributed by atoms with Crippen LogP contribution in [0.1, 0.15) is 18.5 Å². The summed E-state index contributed by atoms with van der Waals surface area (Å²) < 4.78 is 10.6. The highest BCUT2D eigenvalue weighted by molar-refractivity contribution is 7.99. The fraction of sp³-hybridized carbons (Fsp3) is 0.467. The number of methoxy groups -OCH3 is 2. The molecule has 1 rings (SSSR count). The van der Waals surface area contributed by atoms with Crippen LogP contribution in [0.3, 0.4) is 0 Å². The van der Waals surface area contributed by atoms with Crippen LogP contribution in [0.4, 0.5) is 0 Å². The lowest BCUT2D eigenvalue weighted by molar-refractivity contribution is 0.392. The van der Waals surface area contributed by atoms with E-state index in [1.165, 1.54) is 0 Å². The Kier molecular flexibility index (Phi) is 7.24. The van der Waals surface area contributed by atoms with Crippen LogP contribution in [-0.4, -0.2) is 32.3 Å². The third-order valence-electron chi connectivity index (χ3n) is 2.79. The lowest BCUT2D eigenvalue weighted by atomic mass is 10.1. The first kappa shape index (κ1) is 15.7. The first-order chi connectivity index (χ1) is 9.22. The smallest absolute Gasteiger partial charge is 0.123 e. The minimum absolute atomic E-state index is 0.205. The molecule has 0 saturated carbocycles. The Morgan fingerprint density at radius 3 is 2.79 bits per heavy atom. The number of hydrogen-bond acceptors (Lipinski definition) is 4. The number of benzene rings is 1. The van der Waals surface area contributed by atoms with Crippen molar-refractivity contribution in [3.63, 3.8) is 0 Å². The molecule has 0 bridgehead atoms. The monoisotopic (exact) mass is 279 g/mol. The van der Waals surface area contributed by atoms with Crippen LogP contribution in [-0.2, 0) is 0 Å². The summed E-state index contributed by atoms with van der Waals surface area (Å²) in [6, 6.07) is 6.04. The molecule has 0 aromatic heterocycles. The van der Waals surface area contributed by atoms with E-state index in [-0.39, 0.29) is 6.04 Å². The van der Waals surface area contributed by atoms with Gasteiger partial charge in [0, 0.05) is 23.9 Å². The van der Waals surface area contributed by atoms with E-state index in [0.717, 1.165) is 35.1 Å². The summed E-state index contributed by atoms with van der Waals surface area (Å²) in [6.45, 7) is 3.02. The highest BCUT2D eigenvalue weighted by atomic mass is 32.2. The van der Waals surface area contributed by atoms with Crippen molar-refractivity contribution in [2.75, 3.05) is 32.3 Å². The first-order valence-electron chi connectivity index (χ1n) is 6.19. The molecule has 0 aliphatic carbocycles. The highest BCUT2D eigenvalue weighted by Crippen LogP contribution is 2.29. The second kappa shape index (κ2) is 8.73. The van der Waals surface area contributed by atoms with Crippen LogP contribution in [0.2, 0.25) is 0 Å². The number of terminal acetylenes is 1. The zero-order chi connectivity index (χ0) is 14.1. The Labute approximate surface area is 120 Å². The summed E-state index contributed by atoms with van der Waals surface area (Å²) in [5.74, 6) is 6.09. The van der Waals surface area contributed by atoms with E-state index < -0.39 is 0 Å². The van der Waals surface area contributed by atoms with Gasteiger partial charge in [-0.3, -0.25) is 0 Å². The Morgan fingerprint density at radius 1 is 1.37 bits per heavy atom. The summed E-state index contributed by atoms with van der Waals surface area (Å²) in [5.41, 5.74) is 1.10. The van der Waals surface area contributed by atoms with E-state index in [0.29, 0.717) is 0 Å². The molecule has 0 fully saturated rings. The Morgan fingerprint density at radius 2 is 2.16 bits per heavy atom. The number of rotatable bonds is 8. The van der Waals surface area contributed by atoms with Gasteiger partial charge in [0.05, 0.1) is 20.0 Å². The van der Waals surface area contributed by atoms with Gasteiger partial charge in [0.2, 0.25) is 0 Å². The predicted molar refractivity (Wildman–Crippen MR) is 82.1 cm³/mol. The van der Waals surface area contributed by atoms with Crippen LogP contribution in [0.15, 0.2) is 18.2 Å². The van der Waals surface area contributed by atoms with Crippen molar-refractivity contribution < 1.29 is 9.47 Å². The van der Waals surface area contributed by atoms with Gasteiger partial charge in [-0.25, -0.2) is 0 Å². The van der Waals surface area contributed by atoms with Crippen molar-refractivity contribution in [2.45, 2.75) is 13.0 Å². The maximum absolute atomic E-state index is 5.38. The molecule has 0 heterocycles. The average Bonchev–Trinajstić information content (AvgIpc) is 2.46. The van der Waals surface area contributed by atoms with Crippen LogP contribution >= 0.6 is 11.8 Å². The maximum atomic E-state index is 5.38. The summed E-state index contributed by atoms with van der Waals surface area (Å²) in [6.07, 6.45) is 5.21. The van der Waals surface area contributed by atoms with Gasteiger partial charge >= 0.3 is 0 Å². The van der Waals surface area contributed by atoms with Gasteiger partial charge in [-0.2, -0.15) is 0 Å². The van der Waals surface area contributed by atoms with Crippen molar-refractivity contribution >= 4 is 11.8 Å². The molecule has 1 aromatic rings. The van der Waals surface area contributed by atoms with Crippen molar-refractivity contribution in [3.05, 3.63) is 23.8 Å². The third kappa shape index (κ3) is 5.06. The molecule has 1 N–H and O–H groups in total. The molecule has 0 saturated heterocycles. The topological polar surface area (TPSA) is 30.5 Å². The third-order valence-corrected chi connectivity index (χ3v) is 3.65. The summed E-state index contributed by atoms with van der Waals surface area (Å²) in [4.78, 5) is 0. The number of hydrogen-bond donors (Lipinski definition) is 1. The van der Waals surface area contributed by atoms with E-state index >= 15 is 0 Å². The Hall–Kier alpha value is -1.31. The van der Waals surface area contributed by atoms with Crippen molar-refractivity contribution in [1.29, 1.82) is 0 Å². The Bertz CT molecular complexity index is 429. The van der Waals surface area contributed by atoms with Gasteiger partial charge in [-0.05, 0) is 25.1 Å². The number of thioether (sulfide) groups is 1. The summed E-state index contributed by atoms with van der Waals surface area (Å²) in [5, 5.41) is 3.46. The fourth-order valence-electron chi connectivity index (χ4n) is 1.77. The zero-order valence-electron chi connectivity index (χ0n) is 11.7. The quantitative estimate of drug-likeness (QED) is 0.585. The molecule has 0 radical (unpaired) electrons. The van der Waals surface area contributed by atoms with Gasteiger partial charge in [0.1, 0.15) is 11.5 Å². The molecule has 1 atom stereocenters.